The van der Waals surface area contributed by atoms with Gasteiger partial charge in [0.25, 0.3) is 5.91 Å². The van der Waals surface area contributed by atoms with E-state index in [0.29, 0.717) is 23.8 Å². The van der Waals surface area contributed by atoms with Crippen LogP contribution in [-0.4, -0.2) is 38.3 Å². The number of carbonyl (C=O) groups is 1. The SMILES string of the molecule is O=C(COc1ccc(Cl)cc1S(=O)(=O)N1CCCC1)Nc1cccc(Cl)c1. The first-order valence-electron chi connectivity index (χ1n) is 8.34. The minimum Gasteiger partial charge on any atom is -0.482 e. The van der Waals surface area contributed by atoms with Crippen molar-refractivity contribution in [2.75, 3.05) is 25.0 Å². The van der Waals surface area contributed by atoms with E-state index in [1.165, 1.54) is 22.5 Å². The maximum atomic E-state index is 12.9. The van der Waals surface area contributed by atoms with Crippen molar-refractivity contribution in [2.45, 2.75) is 17.7 Å². The Labute approximate surface area is 168 Å². The Balaban J connectivity index is 1.74. The van der Waals surface area contributed by atoms with Crippen molar-refractivity contribution in [3.63, 3.8) is 0 Å². The zero-order valence-electron chi connectivity index (χ0n) is 14.3. The first-order valence-corrected chi connectivity index (χ1v) is 10.5. The first-order chi connectivity index (χ1) is 12.9. The van der Waals surface area contributed by atoms with Gasteiger partial charge in [-0.2, -0.15) is 4.31 Å². The summed E-state index contributed by atoms with van der Waals surface area (Å²) in [7, 11) is -3.73. The highest BCUT2D eigenvalue weighted by Crippen LogP contribution is 2.31. The number of hydrogen-bond donors (Lipinski definition) is 1. The number of anilines is 1. The summed E-state index contributed by atoms with van der Waals surface area (Å²) in [6, 6.07) is 11.0. The van der Waals surface area contributed by atoms with E-state index in [-0.39, 0.29) is 22.3 Å². The summed E-state index contributed by atoms with van der Waals surface area (Å²) in [4.78, 5) is 12.1. The summed E-state index contributed by atoms with van der Waals surface area (Å²) in [6.45, 7) is 0.573. The number of halogens is 2. The molecule has 1 aliphatic rings. The molecule has 2 aromatic rings. The van der Waals surface area contributed by atoms with E-state index in [4.69, 9.17) is 27.9 Å². The Morgan fingerprint density at radius 1 is 1.07 bits per heavy atom. The lowest BCUT2D eigenvalue weighted by atomic mass is 10.3. The second-order valence-corrected chi connectivity index (χ2v) is 8.83. The van der Waals surface area contributed by atoms with Crippen LogP contribution in [0.3, 0.4) is 0 Å². The van der Waals surface area contributed by atoms with Gasteiger partial charge in [0, 0.05) is 28.8 Å². The van der Waals surface area contributed by atoms with Crippen molar-refractivity contribution in [1.29, 1.82) is 0 Å². The van der Waals surface area contributed by atoms with E-state index >= 15 is 0 Å². The molecule has 144 valence electrons. The standard InChI is InChI=1S/C18H18Cl2N2O4S/c19-13-4-3-5-15(10-13)21-18(23)12-26-16-7-6-14(20)11-17(16)27(24,25)22-8-1-2-9-22/h3-7,10-11H,1-2,8-9,12H2,(H,21,23). The lowest BCUT2D eigenvalue weighted by molar-refractivity contribution is -0.118. The molecular formula is C18H18Cl2N2O4S. The second kappa shape index (κ2) is 8.48. The lowest BCUT2D eigenvalue weighted by Gasteiger charge is -2.18. The molecule has 1 amide bonds. The Kier molecular flexibility index (Phi) is 6.26. The van der Waals surface area contributed by atoms with E-state index in [1.54, 1.807) is 24.3 Å². The van der Waals surface area contributed by atoms with Crippen molar-refractivity contribution in [2.24, 2.45) is 0 Å². The van der Waals surface area contributed by atoms with Gasteiger partial charge in [0.1, 0.15) is 10.6 Å². The quantitative estimate of drug-likeness (QED) is 0.758. The van der Waals surface area contributed by atoms with Gasteiger partial charge in [-0.1, -0.05) is 29.3 Å². The molecule has 1 N–H and O–H groups in total. The highest BCUT2D eigenvalue weighted by molar-refractivity contribution is 7.89. The highest BCUT2D eigenvalue weighted by Gasteiger charge is 2.30. The molecule has 0 spiro atoms. The first kappa shape index (κ1) is 19.9. The van der Waals surface area contributed by atoms with Gasteiger partial charge in [-0.3, -0.25) is 4.79 Å². The molecule has 0 radical (unpaired) electrons. The van der Waals surface area contributed by atoms with Crippen LogP contribution >= 0.6 is 23.2 Å². The minimum atomic E-state index is -3.73. The van der Waals surface area contributed by atoms with E-state index in [0.717, 1.165) is 12.8 Å². The average molecular weight is 429 g/mol. The number of sulfonamides is 1. The molecule has 1 aliphatic heterocycles. The maximum absolute atomic E-state index is 12.9. The smallest absolute Gasteiger partial charge is 0.262 e. The van der Waals surface area contributed by atoms with Gasteiger partial charge in [0.2, 0.25) is 10.0 Å². The molecule has 0 aliphatic carbocycles. The monoisotopic (exact) mass is 428 g/mol. The van der Waals surface area contributed by atoms with Gasteiger partial charge in [-0.05, 0) is 49.2 Å². The molecule has 1 saturated heterocycles. The summed E-state index contributed by atoms with van der Waals surface area (Å²) in [5.41, 5.74) is 0.525. The summed E-state index contributed by atoms with van der Waals surface area (Å²) in [6.07, 6.45) is 1.63. The third-order valence-electron chi connectivity index (χ3n) is 4.06. The summed E-state index contributed by atoms with van der Waals surface area (Å²) in [5.74, 6) is -0.343. The second-order valence-electron chi connectivity index (χ2n) is 6.05. The van der Waals surface area contributed by atoms with Gasteiger partial charge in [0.05, 0.1) is 0 Å². The molecule has 2 aromatic carbocycles. The zero-order chi connectivity index (χ0) is 19.4. The van der Waals surface area contributed by atoms with Crippen LogP contribution in [0.5, 0.6) is 5.75 Å². The molecule has 6 nitrogen and oxygen atoms in total. The van der Waals surface area contributed by atoms with Gasteiger partial charge in [0.15, 0.2) is 6.61 Å². The molecule has 1 heterocycles. The predicted molar refractivity (Wildman–Crippen MR) is 105 cm³/mol. The largest absolute Gasteiger partial charge is 0.482 e. The summed E-state index contributed by atoms with van der Waals surface area (Å²) < 4.78 is 32.6. The number of rotatable bonds is 6. The van der Waals surface area contributed by atoms with E-state index in [1.807, 2.05) is 0 Å². The van der Waals surface area contributed by atoms with E-state index < -0.39 is 15.9 Å². The fourth-order valence-electron chi connectivity index (χ4n) is 2.78. The van der Waals surface area contributed by atoms with Crippen LogP contribution in [0.2, 0.25) is 10.0 Å². The molecule has 0 saturated carbocycles. The predicted octanol–water partition coefficient (Wildman–Crippen LogP) is 3.80. The van der Waals surface area contributed by atoms with Gasteiger partial charge < -0.3 is 10.1 Å². The molecule has 0 atom stereocenters. The van der Waals surface area contributed by atoms with Gasteiger partial charge >= 0.3 is 0 Å². The summed E-state index contributed by atoms with van der Waals surface area (Å²) >= 11 is 11.9. The van der Waals surface area contributed by atoms with Crippen LogP contribution in [0.15, 0.2) is 47.4 Å². The molecule has 27 heavy (non-hydrogen) atoms. The topological polar surface area (TPSA) is 75.7 Å². The number of nitrogens with zero attached hydrogens (tertiary/aromatic N) is 1. The Morgan fingerprint density at radius 2 is 1.78 bits per heavy atom. The minimum absolute atomic E-state index is 0.0348. The number of carbonyl (C=O) groups excluding carboxylic acids is 1. The highest BCUT2D eigenvalue weighted by atomic mass is 35.5. The van der Waals surface area contributed by atoms with Crippen molar-refractivity contribution in [1.82, 2.24) is 4.31 Å². The van der Waals surface area contributed by atoms with E-state index in [2.05, 4.69) is 5.32 Å². The maximum Gasteiger partial charge on any atom is 0.262 e. The van der Waals surface area contributed by atoms with Crippen molar-refractivity contribution in [3.05, 3.63) is 52.5 Å². The Bertz CT molecular complexity index is 944. The molecule has 1 fully saturated rings. The van der Waals surface area contributed by atoms with Crippen molar-refractivity contribution in [3.8, 4) is 5.75 Å². The Hall–Kier alpha value is -1.80. The average Bonchev–Trinajstić information content (AvgIpc) is 3.16. The molecule has 0 bridgehead atoms. The van der Waals surface area contributed by atoms with Gasteiger partial charge in [-0.15, -0.1) is 0 Å². The van der Waals surface area contributed by atoms with Crippen LogP contribution in [0.4, 0.5) is 5.69 Å². The van der Waals surface area contributed by atoms with Crippen molar-refractivity contribution >= 4 is 44.8 Å². The Morgan fingerprint density at radius 3 is 2.48 bits per heavy atom. The van der Waals surface area contributed by atoms with Crippen LogP contribution in [0, 0.1) is 0 Å². The normalized spacial score (nSPS) is 14.9. The van der Waals surface area contributed by atoms with E-state index in [9.17, 15) is 13.2 Å². The lowest BCUT2D eigenvalue weighted by Crippen LogP contribution is -2.28. The third-order valence-corrected chi connectivity index (χ3v) is 6.45. The van der Waals surface area contributed by atoms with Crippen LogP contribution < -0.4 is 10.1 Å². The zero-order valence-corrected chi connectivity index (χ0v) is 16.6. The number of benzene rings is 2. The number of hydrogen-bond acceptors (Lipinski definition) is 4. The van der Waals surface area contributed by atoms with Crippen LogP contribution in [-0.2, 0) is 14.8 Å². The number of amides is 1. The van der Waals surface area contributed by atoms with Crippen LogP contribution in [0.1, 0.15) is 12.8 Å². The molecule has 3 rings (SSSR count). The molecule has 0 unspecified atom stereocenters. The number of ether oxygens (including phenoxy) is 1. The van der Waals surface area contributed by atoms with Crippen LogP contribution in [0.25, 0.3) is 0 Å². The number of nitrogens with one attached hydrogen (secondary N) is 1. The summed E-state index contributed by atoms with van der Waals surface area (Å²) in [5, 5.41) is 3.42. The molecule has 0 aromatic heterocycles. The van der Waals surface area contributed by atoms with Crippen molar-refractivity contribution < 1.29 is 17.9 Å². The van der Waals surface area contributed by atoms with Gasteiger partial charge in [-0.25, -0.2) is 8.42 Å². The fraction of sp³-hybridized carbons (Fsp3) is 0.278. The molecule has 9 heteroatoms. The fourth-order valence-corrected chi connectivity index (χ4v) is 4.88. The molecular weight excluding hydrogens is 411 g/mol. The third kappa shape index (κ3) is 4.93.